The number of hydrogen-bond acceptors (Lipinski definition) is 2. The topological polar surface area (TPSA) is 16.3 Å². The molecular formula is C110H115BN4. The molecule has 0 saturated carbocycles. The highest BCUT2D eigenvalue weighted by molar-refractivity contribution is 7.00. The maximum Gasteiger partial charge on any atom is 0.252 e. The van der Waals surface area contributed by atoms with Crippen molar-refractivity contribution in [2.24, 2.45) is 0 Å². The summed E-state index contributed by atoms with van der Waals surface area (Å²) in [4.78, 5) is 5.50. The molecule has 578 valence electrons. The highest BCUT2D eigenvalue weighted by atomic mass is 15.2. The summed E-state index contributed by atoms with van der Waals surface area (Å²) < 4.78 is 5.11. The van der Waals surface area contributed by atoms with Crippen molar-refractivity contribution in [3.8, 4) is 55.9 Å². The van der Waals surface area contributed by atoms with Crippen LogP contribution in [0.1, 0.15) is 211 Å². The van der Waals surface area contributed by atoms with E-state index in [1.807, 2.05) is 0 Å². The molecule has 2 aliphatic rings. The Morgan fingerprint density at radius 1 is 0.209 bits per heavy atom. The van der Waals surface area contributed by atoms with Gasteiger partial charge in [0.15, 0.2) is 0 Å². The van der Waals surface area contributed by atoms with E-state index in [4.69, 9.17) is 0 Å². The summed E-state index contributed by atoms with van der Waals surface area (Å²) in [6, 6.07) is 103. The Morgan fingerprint density at radius 3 is 0.991 bits per heavy atom. The van der Waals surface area contributed by atoms with Crippen LogP contribution in [0.3, 0.4) is 0 Å². The van der Waals surface area contributed by atoms with Gasteiger partial charge >= 0.3 is 0 Å². The number of para-hydroxylation sites is 2. The van der Waals surface area contributed by atoms with Crippen LogP contribution in [0.2, 0.25) is 0 Å². The molecule has 13 aromatic carbocycles. The minimum absolute atomic E-state index is 0.0456. The lowest BCUT2D eigenvalue weighted by atomic mass is 9.33. The molecule has 0 unspecified atom stereocenters. The van der Waals surface area contributed by atoms with Gasteiger partial charge in [-0.1, -0.05) is 342 Å². The van der Waals surface area contributed by atoms with Crippen LogP contribution in [0.25, 0.3) is 99.5 Å². The first kappa shape index (κ1) is 76.7. The van der Waals surface area contributed by atoms with Crippen LogP contribution < -0.4 is 26.2 Å². The minimum atomic E-state index is -0.341. The zero-order valence-electron chi connectivity index (χ0n) is 72.7. The molecule has 2 aromatic heterocycles. The molecule has 2 aliphatic heterocycles. The van der Waals surface area contributed by atoms with Gasteiger partial charge in [-0.25, -0.2) is 0 Å². The van der Waals surface area contributed by atoms with Gasteiger partial charge in [-0.15, -0.1) is 0 Å². The molecule has 17 rings (SSSR count). The summed E-state index contributed by atoms with van der Waals surface area (Å²) in [5, 5.41) is 5.01. The Labute approximate surface area is 686 Å². The number of hydrogen-bond donors (Lipinski definition) is 0. The molecule has 15 aromatic rings. The maximum absolute atomic E-state index is 2.75. The van der Waals surface area contributed by atoms with E-state index < -0.39 is 0 Å². The fraction of sp³-hybridized carbons (Fsp3) is 0.291. The van der Waals surface area contributed by atoms with E-state index in [1.165, 1.54) is 160 Å². The van der Waals surface area contributed by atoms with Crippen LogP contribution in [-0.4, -0.2) is 15.8 Å². The van der Waals surface area contributed by atoms with Gasteiger partial charge < -0.3 is 18.9 Å². The van der Waals surface area contributed by atoms with Crippen LogP contribution in [0, 0.1) is 0 Å². The van der Waals surface area contributed by atoms with Crippen LogP contribution >= 0.6 is 0 Å². The quantitative estimate of drug-likeness (QED) is 0.141. The normalized spacial score (nSPS) is 13.7. The minimum Gasteiger partial charge on any atom is -0.311 e. The SMILES string of the molecule is CC(C)(C)c1cccc(-c2ccc(-c3ccccc3C(C)(C)C)cc2N2c3cc(-n4c5ccccc5c5cc(C(C)(C)C)ccc54)ccc3B3c4ccc(-n5c6ccccc6c6cc(C(C)(C)C)ccc65)cc4N(c4cc(-c5ccc(C(C)(C)C)cc5C(C)(C)C)ccc4-c4cccc(C(C)(C)C)c4)c4cc(C(C)(C)C)cc2c43)c1. The van der Waals surface area contributed by atoms with Gasteiger partial charge in [0.05, 0.1) is 33.4 Å². The fourth-order valence-electron chi connectivity index (χ4n) is 18.5. The molecule has 0 aliphatic carbocycles. The van der Waals surface area contributed by atoms with Crippen molar-refractivity contribution in [3.05, 3.63) is 305 Å². The molecule has 0 amide bonds. The Morgan fingerprint density at radius 2 is 0.565 bits per heavy atom. The van der Waals surface area contributed by atoms with E-state index in [0.29, 0.717) is 0 Å². The van der Waals surface area contributed by atoms with Crippen LogP contribution in [0.15, 0.2) is 261 Å². The van der Waals surface area contributed by atoms with Gasteiger partial charge in [0, 0.05) is 66.8 Å². The second kappa shape index (κ2) is 26.9. The number of fused-ring (bicyclic) bond motifs is 10. The number of aromatic nitrogens is 2. The van der Waals surface area contributed by atoms with Crippen molar-refractivity contribution < 1.29 is 0 Å². The highest BCUT2D eigenvalue weighted by Gasteiger charge is 2.46. The van der Waals surface area contributed by atoms with E-state index in [2.05, 4.69) is 446 Å². The predicted molar refractivity (Wildman–Crippen MR) is 500 cm³/mol. The Hall–Kier alpha value is -10.9. The van der Waals surface area contributed by atoms with Crippen molar-refractivity contribution in [2.45, 2.75) is 209 Å². The van der Waals surface area contributed by atoms with Crippen molar-refractivity contribution >= 4 is 101 Å². The van der Waals surface area contributed by atoms with Gasteiger partial charge in [-0.3, -0.25) is 0 Å². The Balaban J connectivity index is 1.05. The zero-order chi connectivity index (χ0) is 81.5. The molecule has 0 radical (unpaired) electrons. The molecule has 5 heteroatoms. The molecule has 0 N–H and O–H groups in total. The molecule has 4 nitrogen and oxygen atoms in total. The monoisotopic (exact) mass is 1500 g/mol. The molecule has 115 heavy (non-hydrogen) atoms. The van der Waals surface area contributed by atoms with Gasteiger partial charge in [-0.2, -0.15) is 0 Å². The predicted octanol–water partition coefficient (Wildman–Crippen LogP) is 29.0. The van der Waals surface area contributed by atoms with Gasteiger partial charge in [0.2, 0.25) is 0 Å². The lowest BCUT2D eigenvalue weighted by Gasteiger charge is -2.46. The third-order valence-electron chi connectivity index (χ3n) is 25.1. The largest absolute Gasteiger partial charge is 0.311 e. The molecular weight excluding hydrogens is 1390 g/mol. The van der Waals surface area contributed by atoms with Crippen molar-refractivity contribution in [1.82, 2.24) is 9.13 Å². The maximum atomic E-state index is 2.75. The number of nitrogens with zero attached hydrogens (tertiary/aromatic N) is 4. The van der Waals surface area contributed by atoms with E-state index >= 15 is 0 Å². The summed E-state index contributed by atoms with van der Waals surface area (Å²) >= 11 is 0. The first-order valence-electron chi connectivity index (χ1n) is 42.0. The summed E-state index contributed by atoms with van der Waals surface area (Å²) in [6.07, 6.45) is 0. The Kier molecular flexibility index (Phi) is 17.9. The average Bonchev–Trinajstić information content (AvgIpc) is 1.20. The Bertz CT molecular complexity index is 6440. The molecule has 4 heterocycles. The third-order valence-corrected chi connectivity index (χ3v) is 25.1. The summed E-state index contributed by atoms with van der Waals surface area (Å²) in [6.45, 7) is 56.4. The van der Waals surface area contributed by atoms with E-state index in [0.717, 1.165) is 34.1 Å². The van der Waals surface area contributed by atoms with Crippen LogP contribution in [0.5, 0.6) is 0 Å². The first-order valence-corrected chi connectivity index (χ1v) is 42.0. The number of anilines is 6. The summed E-state index contributed by atoms with van der Waals surface area (Å²) in [5.74, 6) is 0. The smallest absolute Gasteiger partial charge is 0.252 e. The van der Waals surface area contributed by atoms with Crippen molar-refractivity contribution in [1.29, 1.82) is 0 Å². The van der Waals surface area contributed by atoms with Crippen LogP contribution in [-0.2, 0) is 43.3 Å². The van der Waals surface area contributed by atoms with E-state index in [-0.39, 0.29) is 50.0 Å². The van der Waals surface area contributed by atoms with Crippen molar-refractivity contribution in [2.75, 3.05) is 9.80 Å². The third kappa shape index (κ3) is 13.3. The lowest BCUT2D eigenvalue weighted by molar-refractivity contribution is 0.569. The summed E-state index contributed by atoms with van der Waals surface area (Å²) in [5.41, 5.74) is 36.5. The first-order chi connectivity index (χ1) is 54.1. The zero-order valence-corrected chi connectivity index (χ0v) is 72.7. The average molecular weight is 1500 g/mol. The summed E-state index contributed by atoms with van der Waals surface area (Å²) in [7, 11) is 0. The highest BCUT2D eigenvalue weighted by Crippen LogP contribution is 2.54. The van der Waals surface area contributed by atoms with E-state index in [1.54, 1.807) is 0 Å². The molecule has 0 bridgehead atoms. The fourth-order valence-corrected chi connectivity index (χ4v) is 18.5. The van der Waals surface area contributed by atoms with Gasteiger partial charge in [0.1, 0.15) is 0 Å². The molecule has 0 saturated heterocycles. The molecule has 0 atom stereocenters. The van der Waals surface area contributed by atoms with Crippen molar-refractivity contribution in [3.63, 3.8) is 0 Å². The lowest BCUT2D eigenvalue weighted by Crippen LogP contribution is -2.61. The molecule has 0 spiro atoms. The number of benzene rings is 13. The second-order valence-corrected chi connectivity index (χ2v) is 41.6. The van der Waals surface area contributed by atoms with E-state index in [9.17, 15) is 0 Å². The van der Waals surface area contributed by atoms with Gasteiger partial charge in [-0.05, 0) is 223 Å². The van der Waals surface area contributed by atoms with Crippen LogP contribution in [0.4, 0.5) is 34.1 Å². The molecule has 0 fully saturated rings. The van der Waals surface area contributed by atoms with Gasteiger partial charge in [0.25, 0.3) is 6.71 Å². The number of rotatable bonds is 8. The second-order valence-electron chi connectivity index (χ2n) is 41.6. The standard InChI is InChI=1S/C110H115BN4/c1-103(2,3)72-35-31-33-68(57-72)82-50-43-70(80-37-25-28-40-88(80)109(19,20)21)59-96(82)114-98-66-78(112-92-41-29-26-38-84(92)86-61-74(105(7,8)9)46-55-94(86)112)48-53-90(98)111-91-54-49-79(113-93-42-30-27-39-85(93)87-62-75(106(10,11)12)47-56-95(87)113)67-99(91)115(101-65-77(108(16,17)18)64-100(114)102(101)111)97-60-71(44-51-83(97)69-34-32-36-73(58-69)104(4,5)6)81-52-45-76(107(13,14)15)63-89(81)110(22,23)24/h25-67H,1-24H3.